The smallest absolute Gasteiger partial charge is 0.264 e. The molecule has 3 aromatic carbocycles. The third kappa shape index (κ3) is 5.52. The van der Waals surface area contributed by atoms with Gasteiger partial charge in [-0.3, -0.25) is 9.10 Å². The van der Waals surface area contributed by atoms with E-state index in [0.717, 1.165) is 4.31 Å². The monoisotopic (exact) mass is 506 g/mol. The van der Waals surface area contributed by atoms with Gasteiger partial charge in [0, 0.05) is 10.0 Å². The van der Waals surface area contributed by atoms with Crippen molar-refractivity contribution >= 4 is 44.8 Å². The molecule has 1 aliphatic heterocycles. The molecule has 33 heavy (non-hydrogen) atoms. The first-order chi connectivity index (χ1) is 15.8. The fourth-order valence-corrected chi connectivity index (χ4v) is 5.24. The summed E-state index contributed by atoms with van der Waals surface area (Å²) in [7, 11) is -4.07. The second-order valence-corrected chi connectivity index (χ2v) is 9.99. The predicted molar refractivity (Wildman–Crippen MR) is 127 cm³/mol. The van der Waals surface area contributed by atoms with Gasteiger partial charge in [0.05, 0.1) is 17.1 Å². The van der Waals surface area contributed by atoms with Crippen LogP contribution in [-0.2, 0) is 14.8 Å². The van der Waals surface area contributed by atoms with Gasteiger partial charge in [-0.25, -0.2) is 8.42 Å². The maximum atomic E-state index is 13.3. The molecule has 0 radical (unpaired) electrons. The van der Waals surface area contributed by atoms with E-state index in [9.17, 15) is 13.2 Å². The molecule has 1 heterocycles. The topological polar surface area (TPSA) is 84.9 Å². The van der Waals surface area contributed by atoms with Crippen LogP contribution < -0.4 is 19.1 Å². The highest BCUT2D eigenvalue weighted by Crippen LogP contribution is 2.31. The highest BCUT2D eigenvalue weighted by molar-refractivity contribution is 7.92. The van der Waals surface area contributed by atoms with Crippen LogP contribution in [0.4, 0.5) is 5.69 Å². The minimum atomic E-state index is -4.07. The molecular formula is C23H20Cl2N2O5S. The Morgan fingerprint density at radius 2 is 1.61 bits per heavy atom. The molecule has 0 aliphatic carbocycles. The van der Waals surface area contributed by atoms with E-state index in [-0.39, 0.29) is 33.8 Å². The van der Waals surface area contributed by atoms with Crippen LogP contribution in [0.5, 0.6) is 11.5 Å². The molecule has 0 unspecified atom stereocenters. The number of fused-ring (bicyclic) bond motifs is 1. The molecule has 172 valence electrons. The summed E-state index contributed by atoms with van der Waals surface area (Å²) in [6, 6.07) is 19.4. The second kappa shape index (κ2) is 9.91. The fourth-order valence-electron chi connectivity index (χ4n) is 3.30. The Bertz CT molecular complexity index is 1230. The number of para-hydroxylation sites is 2. The summed E-state index contributed by atoms with van der Waals surface area (Å²) in [6.45, 7) is -0.0754. The van der Waals surface area contributed by atoms with Crippen LogP contribution >= 0.6 is 23.2 Å². The van der Waals surface area contributed by atoms with Gasteiger partial charge in [0.1, 0.15) is 19.3 Å². The van der Waals surface area contributed by atoms with Crippen LogP contribution in [0, 0.1) is 0 Å². The van der Waals surface area contributed by atoms with Crippen molar-refractivity contribution < 1.29 is 22.7 Å². The minimum absolute atomic E-state index is 0.0366. The molecule has 1 atom stereocenters. The Hall–Kier alpha value is -2.94. The summed E-state index contributed by atoms with van der Waals surface area (Å²) in [6.07, 6.45) is -0.413. The third-order valence-corrected chi connectivity index (χ3v) is 7.07. The zero-order valence-electron chi connectivity index (χ0n) is 17.3. The van der Waals surface area contributed by atoms with E-state index in [4.69, 9.17) is 32.7 Å². The Labute approximate surface area is 201 Å². The molecule has 0 fully saturated rings. The van der Waals surface area contributed by atoms with E-state index >= 15 is 0 Å². The first kappa shape index (κ1) is 23.2. The van der Waals surface area contributed by atoms with Gasteiger partial charge in [0.15, 0.2) is 11.5 Å². The molecule has 0 spiro atoms. The number of hydrogen-bond donors (Lipinski definition) is 1. The number of benzene rings is 3. The van der Waals surface area contributed by atoms with Crippen LogP contribution in [0.2, 0.25) is 10.0 Å². The zero-order chi connectivity index (χ0) is 23.4. The van der Waals surface area contributed by atoms with Crippen molar-refractivity contribution in [2.75, 3.05) is 24.0 Å². The van der Waals surface area contributed by atoms with Gasteiger partial charge in [-0.15, -0.1) is 0 Å². The van der Waals surface area contributed by atoms with Gasteiger partial charge in [0.2, 0.25) is 5.91 Å². The summed E-state index contributed by atoms with van der Waals surface area (Å²) in [5.74, 6) is 0.705. The standard InChI is InChI=1S/C23H20Cl2N2O5S/c24-16-10-17(25)12-18(11-16)27(33(29,30)20-6-2-1-3-7-20)14-23(28)26-13-19-15-31-21-8-4-5-9-22(21)32-19/h1-12,19H,13-15H2,(H,26,28)/t19-/m1/s1. The van der Waals surface area contributed by atoms with Crippen molar-refractivity contribution in [2.24, 2.45) is 0 Å². The van der Waals surface area contributed by atoms with Crippen molar-refractivity contribution in [3.8, 4) is 11.5 Å². The van der Waals surface area contributed by atoms with Gasteiger partial charge in [0.25, 0.3) is 10.0 Å². The lowest BCUT2D eigenvalue weighted by Gasteiger charge is -2.27. The average molecular weight is 507 g/mol. The lowest BCUT2D eigenvalue weighted by molar-refractivity contribution is -0.120. The van der Waals surface area contributed by atoms with Crippen LogP contribution in [0.15, 0.2) is 77.7 Å². The Morgan fingerprint density at radius 3 is 2.30 bits per heavy atom. The number of nitrogens with one attached hydrogen (secondary N) is 1. The summed E-state index contributed by atoms with van der Waals surface area (Å²) in [4.78, 5) is 12.8. The van der Waals surface area contributed by atoms with Crippen LogP contribution in [-0.4, -0.2) is 40.1 Å². The lowest BCUT2D eigenvalue weighted by atomic mass is 10.2. The summed E-state index contributed by atoms with van der Waals surface area (Å²) >= 11 is 12.2. The lowest BCUT2D eigenvalue weighted by Crippen LogP contribution is -2.45. The number of sulfonamides is 1. The number of halogens is 2. The molecule has 0 saturated carbocycles. The highest BCUT2D eigenvalue weighted by Gasteiger charge is 2.28. The van der Waals surface area contributed by atoms with Crippen molar-refractivity contribution in [3.63, 3.8) is 0 Å². The quantitative estimate of drug-likeness (QED) is 0.520. The maximum Gasteiger partial charge on any atom is 0.264 e. The molecule has 10 heteroatoms. The van der Waals surface area contributed by atoms with Gasteiger partial charge in [-0.2, -0.15) is 0 Å². The van der Waals surface area contributed by atoms with E-state index in [1.54, 1.807) is 30.3 Å². The van der Waals surface area contributed by atoms with E-state index < -0.39 is 28.6 Å². The number of carbonyl (C=O) groups excluding carboxylic acids is 1. The number of anilines is 1. The molecule has 1 N–H and O–H groups in total. The summed E-state index contributed by atoms with van der Waals surface area (Å²) < 4.78 is 39.2. The second-order valence-electron chi connectivity index (χ2n) is 7.25. The molecule has 0 bridgehead atoms. The Kier molecular flexibility index (Phi) is 6.97. The number of hydrogen-bond acceptors (Lipinski definition) is 5. The fraction of sp³-hybridized carbons (Fsp3) is 0.174. The predicted octanol–water partition coefficient (Wildman–Crippen LogP) is 4.14. The van der Waals surface area contributed by atoms with Gasteiger partial charge >= 0.3 is 0 Å². The number of carbonyl (C=O) groups is 1. The molecule has 3 aromatic rings. The van der Waals surface area contributed by atoms with Crippen LogP contribution in [0.3, 0.4) is 0 Å². The van der Waals surface area contributed by atoms with E-state index in [0.29, 0.717) is 11.5 Å². The van der Waals surface area contributed by atoms with E-state index in [2.05, 4.69) is 5.32 Å². The highest BCUT2D eigenvalue weighted by atomic mass is 35.5. The molecule has 1 aliphatic rings. The number of nitrogens with zero attached hydrogens (tertiary/aromatic N) is 1. The van der Waals surface area contributed by atoms with Crippen molar-refractivity contribution in [1.82, 2.24) is 5.32 Å². The molecule has 0 saturated heterocycles. The van der Waals surface area contributed by atoms with Crippen LogP contribution in [0.25, 0.3) is 0 Å². The Morgan fingerprint density at radius 1 is 0.970 bits per heavy atom. The van der Waals surface area contributed by atoms with Crippen molar-refractivity contribution in [3.05, 3.63) is 82.8 Å². The van der Waals surface area contributed by atoms with E-state index in [1.165, 1.54) is 30.3 Å². The zero-order valence-corrected chi connectivity index (χ0v) is 19.6. The van der Waals surface area contributed by atoms with Crippen molar-refractivity contribution in [2.45, 2.75) is 11.0 Å². The number of amides is 1. The third-order valence-electron chi connectivity index (χ3n) is 4.85. The average Bonchev–Trinajstić information content (AvgIpc) is 2.81. The van der Waals surface area contributed by atoms with Crippen molar-refractivity contribution in [1.29, 1.82) is 0 Å². The minimum Gasteiger partial charge on any atom is -0.486 e. The maximum absolute atomic E-state index is 13.3. The largest absolute Gasteiger partial charge is 0.486 e. The number of ether oxygens (including phenoxy) is 2. The molecule has 0 aromatic heterocycles. The molecule has 1 amide bonds. The first-order valence-corrected chi connectivity index (χ1v) is 12.2. The molecule has 7 nitrogen and oxygen atoms in total. The van der Waals surface area contributed by atoms with Gasteiger partial charge in [-0.05, 0) is 42.5 Å². The Balaban J connectivity index is 1.51. The SMILES string of the molecule is O=C(CN(c1cc(Cl)cc(Cl)c1)S(=O)(=O)c1ccccc1)NC[C@@H]1COc2ccccc2O1. The first-order valence-electron chi connectivity index (χ1n) is 10.0. The normalized spacial score (nSPS) is 15.0. The van der Waals surface area contributed by atoms with Gasteiger partial charge in [-0.1, -0.05) is 53.5 Å². The number of rotatable bonds is 7. The summed E-state index contributed by atoms with van der Waals surface area (Å²) in [5.41, 5.74) is 0.178. The van der Waals surface area contributed by atoms with E-state index in [1.807, 2.05) is 12.1 Å². The summed E-state index contributed by atoms with van der Waals surface area (Å²) in [5, 5.41) is 3.22. The van der Waals surface area contributed by atoms with Gasteiger partial charge < -0.3 is 14.8 Å². The van der Waals surface area contributed by atoms with Crippen LogP contribution in [0.1, 0.15) is 0 Å². The molecule has 4 rings (SSSR count). The molecular weight excluding hydrogens is 487 g/mol.